The number of rotatable bonds is 4. The number of nitrogens with one attached hydrogen (secondary N) is 2. The molecule has 2 rings (SSSR count). The predicted octanol–water partition coefficient (Wildman–Crippen LogP) is 3.77. The molecular formula is C18H24F2N2O2. The summed E-state index contributed by atoms with van der Waals surface area (Å²) in [6.07, 6.45) is 6.21. The molecule has 0 spiro atoms. The lowest BCUT2D eigenvalue weighted by Gasteiger charge is -2.26. The van der Waals surface area contributed by atoms with Gasteiger partial charge in [-0.3, -0.25) is 9.59 Å². The summed E-state index contributed by atoms with van der Waals surface area (Å²) in [5, 5.41) is 5.11. The third-order valence-corrected chi connectivity index (χ3v) is 4.53. The molecule has 6 heteroatoms. The maximum Gasteiger partial charge on any atom is 0.239 e. The maximum atomic E-state index is 13.7. The van der Waals surface area contributed by atoms with Crippen molar-refractivity contribution in [3.63, 3.8) is 0 Å². The van der Waals surface area contributed by atoms with E-state index in [0.717, 1.165) is 50.7 Å². The Morgan fingerprint density at radius 3 is 2.08 bits per heavy atom. The SMILES string of the molecule is CC(C)(C(=O)Nc1c(F)cccc1F)C(=O)NC1CCCCCC1. The first-order valence-corrected chi connectivity index (χ1v) is 8.39. The molecule has 24 heavy (non-hydrogen) atoms. The Labute approximate surface area is 141 Å². The Morgan fingerprint density at radius 2 is 1.54 bits per heavy atom. The highest BCUT2D eigenvalue weighted by Crippen LogP contribution is 2.24. The van der Waals surface area contributed by atoms with Crippen LogP contribution in [0.15, 0.2) is 18.2 Å². The molecule has 0 saturated heterocycles. The van der Waals surface area contributed by atoms with Gasteiger partial charge in [-0.1, -0.05) is 31.7 Å². The van der Waals surface area contributed by atoms with Crippen molar-refractivity contribution in [1.82, 2.24) is 5.32 Å². The molecule has 0 heterocycles. The first-order chi connectivity index (χ1) is 11.3. The maximum absolute atomic E-state index is 13.7. The summed E-state index contributed by atoms with van der Waals surface area (Å²) >= 11 is 0. The molecule has 132 valence electrons. The van der Waals surface area contributed by atoms with Gasteiger partial charge in [0.15, 0.2) is 0 Å². The van der Waals surface area contributed by atoms with E-state index in [0.29, 0.717) is 0 Å². The minimum absolute atomic E-state index is 0.0530. The number of anilines is 1. The van der Waals surface area contributed by atoms with Gasteiger partial charge >= 0.3 is 0 Å². The first kappa shape index (κ1) is 18.4. The van der Waals surface area contributed by atoms with Gasteiger partial charge in [-0.2, -0.15) is 0 Å². The van der Waals surface area contributed by atoms with Crippen molar-refractivity contribution in [2.24, 2.45) is 5.41 Å². The van der Waals surface area contributed by atoms with Crippen LogP contribution >= 0.6 is 0 Å². The van der Waals surface area contributed by atoms with Gasteiger partial charge in [0.25, 0.3) is 0 Å². The van der Waals surface area contributed by atoms with Gasteiger partial charge < -0.3 is 10.6 Å². The van der Waals surface area contributed by atoms with E-state index in [2.05, 4.69) is 10.6 Å². The van der Waals surface area contributed by atoms with Crippen LogP contribution in [0.1, 0.15) is 52.4 Å². The molecule has 1 aliphatic carbocycles. The standard InChI is InChI=1S/C18H24F2N2O2/c1-18(2,16(23)21-12-8-5-3-4-6-9-12)17(24)22-15-13(19)10-7-11-14(15)20/h7,10-12H,3-6,8-9H2,1-2H3,(H,21,23)(H,22,24). The number of halogens is 2. The zero-order valence-electron chi connectivity index (χ0n) is 14.1. The van der Waals surface area contributed by atoms with Crippen molar-refractivity contribution < 1.29 is 18.4 Å². The van der Waals surface area contributed by atoms with E-state index in [-0.39, 0.29) is 6.04 Å². The number of benzene rings is 1. The monoisotopic (exact) mass is 338 g/mol. The fourth-order valence-corrected chi connectivity index (χ4v) is 2.78. The fraction of sp³-hybridized carbons (Fsp3) is 0.556. The van der Waals surface area contributed by atoms with E-state index >= 15 is 0 Å². The van der Waals surface area contributed by atoms with Crippen molar-refractivity contribution in [2.75, 3.05) is 5.32 Å². The molecule has 1 saturated carbocycles. The minimum atomic E-state index is -1.43. The normalized spacial score (nSPS) is 16.3. The summed E-state index contributed by atoms with van der Waals surface area (Å²) in [6, 6.07) is 3.37. The van der Waals surface area contributed by atoms with E-state index < -0.39 is 34.6 Å². The summed E-state index contributed by atoms with van der Waals surface area (Å²) in [5.41, 5.74) is -1.96. The van der Waals surface area contributed by atoms with Gasteiger partial charge in [-0.05, 0) is 38.8 Å². The first-order valence-electron chi connectivity index (χ1n) is 8.39. The quantitative estimate of drug-likeness (QED) is 0.648. The van der Waals surface area contributed by atoms with Crippen molar-refractivity contribution in [1.29, 1.82) is 0 Å². The van der Waals surface area contributed by atoms with E-state index in [1.165, 1.54) is 19.9 Å². The van der Waals surface area contributed by atoms with Crippen LogP contribution < -0.4 is 10.6 Å². The Kier molecular flexibility index (Phi) is 5.91. The Hall–Kier alpha value is -1.98. The number of carbonyl (C=O) groups is 2. The molecule has 1 aromatic rings. The topological polar surface area (TPSA) is 58.2 Å². The Balaban J connectivity index is 2.04. The highest BCUT2D eigenvalue weighted by Gasteiger charge is 2.37. The van der Waals surface area contributed by atoms with E-state index in [4.69, 9.17) is 0 Å². The highest BCUT2D eigenvalue weighted by molar-refractivity contribution is 6.10. The van der Waals surface area contributed by atoms with Crippen LogP contribution in [0.2, 0.25) is 0 Å². The van der Waals surface area contributed by atoms with Gasteiger partial charge in [0.2, 0.25) is 11.8 Å². The molecule has 2 N–H and O–H groups in total. The molecule has 0 aliphatic heterocycles. The summed E-state index contributed by atoms with van der Waals surface area (Å²) < 4.78 is 27.3. The van der Waals surface area contributed by atoms with E-state index in [9.17, 15) is 18.4 Å². The van der Waals surface area contributed by atoms with Crippen molar-refractivity contribution in [2.45, 2.75) is 58.4 Å². The summed E-state index contributed by atoms with van der Waals surface area (Å²) in [6.45, 7) is 2.90. The predicted molar refractivity (Wildman–Crippen MR) is 88.4 cm³/mol. The average Bonchev–Trinajstić information content (AvgIpc) is 2.79. The lowest BCUT2D eigenvalue weighted by molar-refractivity contribution is -0.139. The Bertz CT molecular complexity index is 589. The largest absolute Gasteiger partial charge is 0.352 e. The second-order valence-electron chi connectivity index (χ2n) is 6.84. The number of amides is 2. The molecular weight excluding hydrogens is 314 g/mol. The summed E-state index contributed by atoms with van der Waals surface area (Å²) in [5.74, 6) is -2.91. The van der Waals surface area contributed by atoms with Gasteiger partial charge in [-0.15, -0.1) is 0 Å². The van der Waals surface area contributed by atoms with Gasteiger partial charge in [0.05, 0.1) is 0 Å². The van der Waals surface area contributed by atoms with E-state index in [1.54, 1.807) is 0 Å². The lowest BCUT2D eigenvalue weighted by atomic mass is 9.90. The van der Waals surface area contributed by atoms with Gasteiger partial charge in [0.1, 0.15) is 22.7 Å². The van der Waals surface area contributed by atoms with Crippen molar-refractivity contribution in [3.05, 3.63) is 29.8 Å². The van der Waals surface area contributed by atoms with Crippen LogP contribution in [-0.2, 0) is 9.59 Å². The molecule has 2 amide bonds. The Morgan fingerprint density at radius 1 is 1.00 bits per heavy atom. The van der Waals surface area contributed by atoms with Crippen LogP contribution in [0.25, 0.3) is 0 Å². The lowest BCUT2D eigenvalue weighted by Crippen LogP contribution is -2.48. The van der Waals surface area contributed by atoms with Crippen molar-refractivity contribution in [3.8, 4) is 0 Å². The molecule has 4 nitrogen and oxygen atoms in total. The molecule has 0 radical (unpaired) electrons. The fourth-order valence-electron chi connectivity index (χ4n) is 2.78. The average molecular weight is 338 g/mol. The van der Waals surface area contributed by atoms with Crippen LogP contribution in [0.5, 0.6) is 0 Å². The highest BCUT2D eigenvalue weighted by atomic mass is 19.1. The van der Waals surface area contributed by atoms with Gasteiger partial charge in [0, 0.05) is 6.04 Å². The van der Waals surface area contributed by atoms with Crippen molar-refractivity contribution >= 4 is 17.5 Å². The zero-order chi connectivity index (χ0) is 17.7. The zero-order valence-corrected chi connectivity index (χ0v) is 14.1. The smallest absolute Gasteiger partial charge is 0.239 e. The minimum Gasteiger partial charge on any atom is -0.352 e. The molecule has 0 bridgehead atoms. The van der Waals surface area contributed by atoms with E-state index in [1.807, 2.05) is 0 Å². The molecule has 0 unspecified atom stereocenters. The number of hydrogen-bond donors (Lipinski definition) is 2. The van der Waals surface area contributed by atoms with Gasteiger partial charge in [-0.25, -0.2) is 8.78 Å². The molecule has 0 aromatic heterocycles. The van der Waals surface area contributed by atoms with Crippen LogP contribution in [0, 0.1) is 17.0 Å². The summed E-state index contributed by atoms with van der Waals surface area (Å²) in [4.78, 5) is 24.9. The number of para-hydroxylation sites is 1. The van der Waals surface area contributed by atoms with Crippen LogP contribution in [0.3, 0.4) is 0 Å². The van der Waals surface area contributed by atoms with Crippen LogP contribution in [-0.4, -0.2) is 17.9 Å². The molecule has 1 fully saturated rings. The second kappa shape index (κ2) is 7.73. The molecule has 1 aliphatic rings. The number of hydrogen-bond acceptors (Lipinski definition) is 2. The summed E-state index contributed by atoms with van der Waals surface area (Å²) in [7, 11) is 0. The second-order valence-corrected chi connectivity index (χ2v) is 6.84. The third kappa shape index (κ3) is 4.30. The molecule has 0 atom stereocenters. The molecule has 1 aromatic carbocycles. The third-order valence-electron chi connectivity index (χ3n) is 4.53. The van der Waals surface area contributed by atoms with Crippen LogP contribution in [0.4, 0.5) is 14.5 Å². The number of carbonyl (C=O) groups excluding carboxylic acids is 2.